The fourth-order valence-electron chi connectivity index (χ4n) is 11.8. The van der Waals surface area contributed by atoms with Crippen LogP contribution in [0.2, 0.25) is 0 Å². The van der Waals surface area contributed by atoms with Crippen LogP contribution in [0.4, 0.5) is 0 Å². The quantitative estimate of drug-likeness (QED) is 0.137. The highest BCUT2D eigenvalue weighted by Gasteiger charge is 2.54. The number of benzene rings is 6. The van der Waals surface area contributed by atoms with E-state index in [0.717, 1.165) is 80.7 Å². The van der Waals surface area contributed by atoms with Gasteiger partial charge in [-0.05, 0) is 160 Å². The highest BCUT2D eigenvalue weighted by molar-refractivity contribution is 7.59. The maximum Gasteiger partial charge on any atom is 0.269 e. The summed E-state index contributed by atoms with van der Waals surface area (Å²) in [6.45, 7) is 13.5. The van der Waals surface area contributed by atoms with Crippen molar-refractivity contribution in [1.29, 1.82) is 5.26 Å². The van der Waals surface area contributed by atoms with E-state index in [9.17, 15) is 9.59 Å². The topological polar surface area (TPSA) is 183 Å². The van der Waals surface area contributed by atoms with Crippen molar-refractivity contribution in [2.45, 2.75) is 109 Å². The first kappa shape index (κ1) is 57.3. The van der Waals surface area contributed by atoms with Gasteiger partial charge in [-0.2, -0.15) is 32.3 Å². The number of aryl methyl sites for hydroxylation is 2. The number of rotatable bonds is 8. The highest BCUT2D eigenvalue weighted by Crippen LogP contribution is 2.47. The molecule has 1 aromatic heterocycles. The predicted octanol–water partition coefficient (Wildman–Crippen LogP) is 10.4. The molecule has 2 saturated heterocycles. The van der Waals surface area contributed by atoms with Crippen LogP contribution >= 0.6 is 27.0 Å². The number of hydrogen-bond acceptors (Lipinski definition) is 14. The van der Waals surface area contributed by atoms with Gasteiger partial charge in [-0.3, -0.25) is 30.2 Å². The van der Waals surface area contributed by atoms with Gasteiger partial charge in [-0.25, -0.2) is 0 Å². The Morgan fingerprint density at radius 2 is 0.975 bits per heavy atom. The van der Waals surface area contributed by atoms with Crippen molar-refractivity contribution in [2.75, 3.05) is 26.8 Å². The number of nitrogens with zero attached hydrogens (tertiary/aromatic N) is 5. The van der Waals surface area contributed by atoms with Crippen LogP contribution in [0.15, 0.2) is 138 Å². The number of nitriles is 1. The second-order valence-corrected chi connectivity index (χ2v) is 21.6. The standard InChI is InChI=1S/C30H31N3O5.C30H29N3O4.C2H3N.2H2S/c1-29(2)33(17-20-6-4-3-5-7-20)30(18-38-29)13-12-21-8-9-22(14-24(21)16-30)27(34)31-32-28(35)23-10-11-25-26(15-23)37-19-36-25;1-29(2)33(17-20-6-4-3-5-7-20)30(18-36-29)13-12-21-8-9-22(14-24(21)16-30)27-31-32-28(37-27)23-10-11-25-26(15-23)35-19-34-25;1-2-3;;/h3-11,14-15H,12-13,16-19H2,1-2H3,(H,31,34)(H,32,35);3-11,14-15H,12-13,16-19H2,1-2H3;1H3;2*1H2/t2*30-;;;/m00.../s1. The Morgan fingerprint density at radius 3 is 1.51 bits per heavy atom. The minimum atomic E-state index is -0.435. The molecule has 4 aliphatic heterocycles. The molecule has 6 aromatic carbocycles. The lowest BCUT2D eigenvalue weighted by Crippen LogP contribution is -2.54. The second-order valence-electron chi connectivity index (χ2n) is 21.6. The molecular weight excluding hydrogens is 1050 g/mol. The molecule has 7 aromatic rings. The van der Waals surface area contributed by atoms with Crippen molar-refractivity contribution < 1.29 is 42.4 Å². The monoisotopic (exact) mass is 1120 g/mol. The Kier molecular flexibility index (Phi) is 17.0. The fourth-order valence-corrected chi connectivity index (χ4v) is 11.8. The molecule has 5 heterocycles. The van der Waals surface area contributed by atoms with Gasteiger partial charge in [0.1, 0.15) is 11.4 Å². The number of nitrogens with one attached hydrogen (secondary N) is 2. The van der Waals surface area contributed by atoms with Crippen molar-refractivity contribution in [3.63, 3.8) is 0 Å². The van der Waals surface area contributed by atoms with Crippen LogP contribution in [0.25, 0.3) is 22.9 Å². The van der Waals surface area contributed by atoms with Crippen LogP contribution < -0.4 is 29.8 Å². The maximum absolute atomic E-state index is 13.0. The molecule has 2 fully saturated rings. The second kappa shape index (κ2) is 23.8. The van der Waals surface area contributed by atoms with E-state index in [2.05, 4.69) is 131 Å². The Morgan fingerprint density at radius 1 is 0.550 bits per heavy atom. The van der Waals surface area contributed by atoms with Crippen LogP contribution in [-0.2, 0) is 48.2 Å². The van der Waals surface area contributed by atoms with Crippen molar-refractivity contribution >= 4 is 38.8 Å². The van der Waals surface area contributed by atoms with E-state index in [-0.39, 0.29) is 69.0 Å². The smallest absolute Gasteiger partial charge is 0.269 e. The van der Waals surface area contributed by atoms with Gasteiger partial charge in [-0.1, -0.05) is 72.8 Å². The Bertz CT molecular complexity index is 3410. The number of amides is 2. The van der Waals surface area contributed by atoms with E-state index < -0.39 is 5.91 Å². The van der Waals surface area contributed by atoms with Crippen molar-refractivity contribution in [2.24, 2.45) is 0 Å². The maximum atomic E-state index is 13.0. The molecule has 2 N–H and O–H groups in total. The molecule has 0 saturated carbocycles. The molecule has 2 aliphatic carbocycles. The first-order valence-electron chi connectivity index (χ1n) is 26.4. The summed E-state index contributed by atoms with van der Waals surface area (Å²) in [6.07, 6.45) is 5.73. The summed E-state index contributed by atoms with van der Waals surface area (Å²) in [4.78, 5) is 30.6. The zero-order chi connectivity index (χ0) is 54.1. The lowest BCUT2D eigenvalue weighted by Gasteiger charge is -2.45. The molecule has 0 bridgehead atoms. The van der Waals surface area contributed by atoms with Gasteiger partial charge in [0.15, 0.2) is 23.0 Å². The van der Waals surface area contributed by atoms with Crippen LogP contribution in [0.3, 0.4) is 0 Å². The van der Waals surface area contributed by atoms with E-state index in [1.165, 1.54) is 34.7 Å². The number of fused-ring (bicyclic) bond motifs is 4. The lowest BCUT2D eigenvalue weighted by molar-refractivity contribution is -0.0676. The van der Waals surface area contributed by atoms with Gasteiger partial charge < -0.3 is 32.8 Å². The average Bonchev–Trinajstić information content (AvgIpc) is 4.39. The first-order chi connectivity index (χ1) is 37.7. The molecule has 80 heavy (non-hydrogen) atoms. The van der Waals surface area contributed by atoms with Crippen molar-refractivity contribution in [3.05, 3.63) is 178 Å². The highest BCUT2D eigenvalue weighted by atomic mass is 32.1. The van der Waals surface area contributed by atoms with Gasteiger partial charge in [0.05, 0.1) is 30.4 Å². The molecule has 2 spiro atoms. The number of carbonyl (C=O) groups excluding carboxylic acids is 2. The fraction of sp³-hybridized carbons (Fsp3) is 0.339. The molecule has 6 aliphatic rings. The molecular formula is C62H67N7O9S2. The van der Waals surface area contributed by atoms with E-state index in [4.69, 9.17) is 38.1 Å². The molecule has 2 atom stereocenters. The van der Waals surface area contributed by atoms with Crippen molar-refractivity contribution in [3.8, 4) is 52.0 Å². The molecule has 416 valence electrons. The minimum Gasteiger partial charge on any atom is -0.454 e. The van der Waals surface area contributed by atoms with Crippen LogP contribution in [0.1, 0.15) is 102 Å². The van der Waals surface area contributed by atoms with E-state index in [1.807, 2.05) is 42.5 Å². The van der Waals surface area contributed by atoms with Crippen LogP contribution in [0, 0.1) is 11.3 Å². The third kappa shape index (κ3) is 11.8. The number of ether oxygens (including phenoxy) is 6. The summed E-state index contributed by atoms with van der Waals surface area (Å²) in [7, 11) is 0. The molecule has 16 nitrogen and oxygen atoms in total. The normalized spacial score (nSPS) is 20.3. The number of hydrogen-bond donors (Lipinski definition) is 2. The summed E-state index contributed by atoms with van der Waals surface area (Å²) in [5.41, 5.74) is 14.4. The zero-order valence-electron chi connectivity index (χ0n) is 45.6. The van der Waals surface area contributed by atoms with Crippen molar-refractivity contribution in [1.82, 2.24) is 30.8 Å². The molecule has 13 rings (SSSR count). The largest absolute Gasteiger partial charge is 0.454 e. The zero-order valence-corrected chi connectivity index (χ0v) is 47.6. The molecule has 0 unspecified atom stereocenters. The lowest BCUT2D eigenvalue weighted by atomic mass is 9.76. The SMILES string of the molecule is CC#N.CC1(C)OC[C@@]2(CCc3ccc(-c4nnc(-c5ccc6c(c5)OCO6)o4)cc3C2)N1Cc1ccccc1.CC1(C)OC[C@@]2(CCc3ccc(C(=O)NNC(=O)c4ccc5c(c4)OCO5)cc3C2)N1Cc1ccccc1.S.S. The third-order valence-corrected chi connectivity index (χ3v) is 15.8. The third-order valence-electron chi connectivity index (χ3n) is 15.8. The molecule has 0 radical (unpaired) electrons. The summed E-state index contributed by atoms with van der Waals surface area (Å²) in [5.74, 6) is 2.69. The van der Waals surface area contributed by atoms with Gasteiger partial charge in [-0.15, -0.1) is 10.2 Å². The van der Waals surface area contributed by atoms with Gasteiger partial charge >= 0.3 is 0 Å². The van der Waals surface area contributed by atoms with Crippen LogP contribution in [-0.4, -0.2) is 81.1 Å². The average molecular weight is 1120 g/mol. The van der Waals surface area contributed by atoms with E-state index in [0.29, 0.717) is 46.8 Å². The van der Waals surface area contributed by atoms with E-state index >= 15 is 0 Å². The predicted molar refractivity (Wildman–Crippen MR) is 311 cm³/mol. The number of aromatic nitrogens is 2. The summed E-state index contributed by atoms with van der Waals surface area (Å²) >= 11 is 0. The first-order valence-corrected chi connectivity index (χ1v) is 26.4. The Labute approximate surface area is 480 Å². The summed E-state index contributed by atoms with van der Waals surface area (Å²) in [6, 6.07) is 45.8. The molecule has 18 heteroatoms. The van der Waals surface area contributed by atoms with Gasteiger partial charge in [0.2, 0.25) is 25.4 Å². The summed E-state index contributed by atoms with van der Waals surface area (Å²) in [5, 5.41) is 16.0. The molecule has 2 amide bonds. The van der Waals surface area contributed by atoms with Crippen LogP contribution in [0.5, 0.6) is 23.0 Å². The van der Waals surface area contributed by atoms with E-state index in [1.54, 1.807) is 24.3 Å². The van der Waals surface area contributed by atoms with Gasteiger partial charge in [0.25, 0.3) is 11.8 Å². The number of hydrazine groups is 1. The minimum absolute atomic E-state index is 0. The van der Waals surface area contributed by atoms with Gasteiger partial charge in [0, 0.05) is 42.3 Å². The Hall–Kier alpha value is -7.37. The Balaban J connectivity index is 0.000000180. The summed E-state index contributed by atoms with van der Waals surface area (Å²) < 4.78 is 40.3. The number of carbonyl (C=O) groups is 2.